The van der Waals surface area contributed by atoms with E-state index >= 15 is 0 Å². The molecule has 0 radical (unpaired) electrons. The number of methoxy groups -OCH3 is 1. The molecule has 0 aliphatic carbocycles. The summed E-state index contributed by atoms with van der Waals surface area (Å²) in [6, 6.07) is 7.32. The molecule has 5 nitrogen and oxygen atoms in total. The van der Waals surface area contributed by atoms with Gasteiger partial charge in [-0.05, 0) is 37.3 Å². The summed E-state index contributed by atoms with van der Waals surface area (Å²) in [5, 5.41) is 0. The van der Waals surface area contributed by atoms with E-state index in [2.05, 4.69) is 0 Å². The number of nitrogens with zero attached hydrogens (tertiary/aromatic N) is 1. The van der Waals surface area contributed by atoms with Gasteiger partial charge in [0, 0.05) is 19.7 Å². The van der Waals surface area contributed by atoms with Crippen molar-refractivity contribution in [1.29, 1.82) is 0 Å². The summed E-state index contributed by atoms with van der Waals surface area (Å²) in [6.07, 6.45) is 4.75. The van der Waals surface area contributed by atoms with Crippen LogP contribution in [0, 0.1) is 6.92 Å². The number of aryl methyl sites for hydroxylation is 1. The molecular weight excluding hydrogens is 270 g/mol. The number of carbonyl (C=O) groups excluding carboxylic acids is 1. The fourth-order valence-electron chi connectivity index (χ4n) is 1.86. The molecule has 112 valence electrons. The summed E-state index contributed by atoms with van der Waals surface area (Å²) in [4.78, 5) is 13.9. The van der Waals surface area contributed by atoms with Gasteiger partial charge in [-0.2, -0.15) is 0 Å². The van der Waals surface area contributed by atoms with Crippen LogP contribution in [0.2, 0.25) is 0 Å². The van der Waals surface area contributed by atoms with E-state index in [1.807, 2.05) is 25.1 Å². The molecule has 0 saturated heterocycles. The SMILES string of the molecule is COCCN(Cc1ccco1)C(=O)/C=C/c1ccc(C)o1. The maximum Gasteiger partial charge on any atom is 0.247 e. The van der Waals surface area contributed by atoms with E-state index in [0.717, 1.165) is 11.5 Å². The zero-order chi connectivity index (χ0) is 15.1. The molecule has 5 heteroatoms. The van der Waals surface area contributed by atoms with E-state index in [9.17, 15) is 4.79 Å². The van der Waals surface area contributed by atoms with Gasteiger partial charge in [-0.15, -0.1) is 0 Å². The second-order valence-corrected chi connectivity index (χ2v) is 4.61. The molecule has 0 N–H and O–H groups in total. The number of carbonyl (C=O) groups is 1. The molecule has 2 rings (SSSR count). The van der Waals surface area contributed by atoms with Gasteiger partial charge in [0.15, 0.2) is 0 Å². The van der Waals surface area contributed by atoms with Gasteiger partial charge in [0.2, 0.25) is 5.91 Å². The number of amides is 1. The van der Waals surface area contributed by atoms with Gasteiger partial charge in [0.1, 0.15) is 17.3 Å². The molecule has 0 aromatic carbocycles. The molecule has 2 heterocycles. The van der Waals surface area contributed by atoms with Crippen molar-refractivity contribution in [2.24, 2.45) is 0 Å². The van der Waals surface area contributed by atoms with Crippen molar-refractivity contribution in [3.05, 3.63) is 53.9 Å². The first-order valence-corrected chi connectivity index (χ1v) is 6.74. The van der Waals surface area contributed by atoms with Gasteiger partial charge in [0.25, 0.3) is 0 Å². The van der Waals surface area contributed by atoms with Crippen molar-refractivity contribution < 1.29 is 18.4 Å². The third-order valence-corrected chi connectivity index (χ3v) is 2.96. The fraction of sp³-hybridized carbons (Fsp3) is 0.312. The van der Waals surface area contributed by atoms with Crippen LogP contribution in [0.5, 0.6) is 0 Å². The fourth-order valence-corrected chi connectivity index (χ4v) is 1.86. The van der Waals surface area contributed by atoms with Crippen LogP contribution in [0.3, 0.4) is 0 Å². The maximum atomic E-state index is 12.3. The van der Waals surface area contributed by atoms with Crippen LogP contribution in [0.4, 0.5) is 0 Å². The Morgan fingerprint density at radius 3 is 2.86 bits per heavy atom. The molecule has 0 atom stereocenters. The lowest BCUT2D eigenvalue weighted by Gasteiger charge is -2.19. The monoisotopic (exact) mass is 289 g/mol. The molecule has 2 aromatic rings. The van der Waals surface area contributed by atoms with Gasteiger partial charge in [-0.3, -0.25) is 4.79 Å². The average Bonchev–Trinajstić information content (AvgIpc) is 3.12. The Morgan fingerprint density at radius 1 is 1.38 bits per heavy atom. The smallest absolute Gasteiger partial charge is 0.247 e. The molecule has 0 bridgehead atoms. The molecule has 0 fully saturated rings. The molecule has 0 aliphatic heterocycles. The molecular formula is C16H19NO4. The Bertz CT molecular complexity index is 583. The molecule has 0 spiro atoms. The Balaban J connectivity index is 2.01. The lowest BCUT2D eigenvalue weighted by Crippen LogP contribution is -2.31. The second-order valence-electron chi connectivity index (χ2n) is 4.61. The number of ether oxygens (including phenoxy) is 1. The predicted molar refractivity (Wildman–Crippen MR) is 78.5 cm³/mol. The lowest BCUT2D eigenvalue weighted by molar-refractivity contribution is -0.127. The lowest BCUT2D eigenvalue weighted by atomic mass is 10.3. The highest BCUT2D eigenvalue weighted by Crippen LogP contribution is 2.10. The van der Waals surface area contributed by atoms with Gasteiger partial charge in [0.05, 0.1) is 19.4 Å². The predicted octanol–water partition coefficient (Wildman–Crippen LogP) is 2.87. The van der Waals surface area contributed by atoms with E-state index in [0.29, 0.717) is 25.5 Å². The Hall–Kier alpha value is -2.27. The molecule has 2 aromatic heterocycles. The highest BCUT2D eigenvalue weighted by Gasteiger charge is 2.12. The largest absolute Gasteiger partial charge is 0.467 e. The van der Waals surface area contributed by atoms with Gasteiger partial charge in [-0.1, -0.05) is 0 Å². The summed E-state index contributed by atoms with van der Waals surface area (Å²) >= 11 is 0. The van der Waals surface area contributed by atoms with Crippen LogP contribution in [-0.2, 0) is 16.1 Å². The van der Waals surface area contributed by atoms with Crippen molar-refractivity contribution in [3.8, 4) is 0 Å². The summed E-state index contributed by atoms with van der Waals surface area (Å²) in [6.45, 7) is 3.25. The topological polar surface area (TPSA) is 55.8 Å². The van der Waals surface area contributed by atoms with Crippen LogP contribution in [-0.4, -0.2) is 31.1 Å². The van der Waals surface area contributed by atoms with E-state index < -0.39 is 0 Å². The van der Waals surface area contributed by atoms with E-state index in [1.54, 1.807) is 30.4 Å². The summed E-state index contributed by atoms with van der Waals surface area (Å²) < 4.78 is 15.7. The van der Waals surface area contributed by atoms with Gasteiger partial charge in [-0.25, -0.2) is 0 Å². The third-order valence-electron chi connectivity index (χ3n) is 2.96. The quantitative estimate of drug-likeness (QED) is 0.735. The molecule has 0 saturated carbocycles. The highest BCUT2D eigenvalue weighted by atomic mass is 16.5. The van der Waals surface area contributed by atoms with E-state index in [-0.39, 0.29) is 5.91 Å². The molecule has 0 unspecified atom stereocenters. The Morgan fingerprint density at radius 2 is 2.24 bits per heavy atom. The zero-order valence-corrected chi connectivity index (χ0v) is 12.2. The maximum absolute atomic E-state index is 12.3. The minimum atomic E-state index is -0.113. The summed E-state index contributed by atoms with van der Waals surface area (Å²) in [7, 11) is 1.61. The Kier molecular flexibility index (Phi) is 5.40. The molecule has 0 aliphatic rings. The minimum Gasteiger partial charge on any atom is -0.467 e. The van der Waals surface area contributed by atoms with Gasteiger partial charge < -0.3 is 18.5 Å². The first-order valence-electron chi connectivity index (χ1n) is 6.74. The van der Waals surface area contributed by atoms with Crippen molar-refractivity contribution >= 4 is 12.0 Å². The normalized spacial score (nSPS) is 11.1. The van der Waals surface area contributed by atoms with Crippen LogP contribution in [0.25, 0.3) is 6.08 Å². The van der Waals surface area contributed by atoms with Gasteiger partial charge >= 0.3 is 0 Å². The van der Waals surface area contributed by atoms with Crippen molar-refractivity contribution in [1.82, 2.24) is 4.90 Å². The van der Waals surface area contributed by atoms with E-state index in [1.165, 1.54) is 6.08 Å². The van der Waals surface area contributed by atoms with Crippen molar-refractivity contribution in [2.75, 3.05) is 20.3 Å². The van der Waals surface area contributed by atoms with Crippen LogP contribution < -0.4 is 0 Å². The Labute approximate surface area is 123 Å². The van der Waals surface area contributed by atoms with E-state index in [4.69, 9.17) is 13.6 Å². The average molecular weight is 289 g/mol. The first kappa shape index (κ1) is 15.1. The van der Waals surface area contributed by atoms with Crippen molar-refractivity contribution in [2.45, 2.75) is 13.5 Å². The third kappa shape index (κ3) is 4.65. The number of hydrogen-bond donors (Lipinski definition) is 0. The number of hydrogen-bond acceptors (Lipinski definition) is 4. The van der Waals surface area contributed by atoms with Crippen LogP contribution >= 0.6 is 0 Å². The minimum absolute atomic E-state index is 0.113. The second kappa shape index (κ2) is 7.50. The first-order chi connectivity index (χ1) is 10.2. The van der Waals surface area contributed by atoms with Crippen LogP contribution in [0.1, 0.15) is 17.3 Å². The number of furan rings is 2. The molecule has 21 heavy (non-hydrogen) atoms. The molecule has 1 amide bonds. The highest BCUT2D eigenvalue weighted by molar-refractivity contribution is 5.91. The number of rotatable bonds is 7. The summed E-state index contributed by atoms with van der Waals surface area (Å²) in [5.74, 6) is 2.10. The van der Waals surface area contributed by atoms with Crippen LogP contribution in [0.15, 0.2) is 45.4 Å². The summed E-state index contributed by atoms with van der Waals surface area (Å²) in [5.41, 5.74) is 0. The standard InChI is InChI=1S/C16H19NO4/c1-13-5-6-14(21-13)7-8-16(18)17(9-11-19-2)12-15-4-3-10-20-15/h3-8,10H,9,11-12H2,1-2H3/b8-7+. The van der Waals surface area contributed by atoms with Crippen molar-refractivity contribution in [3.63, 3.8) is 0 Å². The zero-order valence-electron chi connectivity index (χ0n) is 12.2.